The van der Waals surface area contributed by atoms with E-state index in [1.807, 2.05) is 12.1 Å². The standard InChI is InChI=1S/C12H7N7S/c1-2-8(6-13-3-1)10-16-17-12-19(10)18-11(20-12)9-7-14-4-5-15-9/h1-7H. The average Bonchev–Trinajstić information content (AvgIpc) is 3.09. The van der Waals surface area contributed by atoms with Crippen LogP contribution in [0, 0.1) is 0 Å². The molecule has 96 valence electrons. The molecule has 0 saturated heterocycles. The van der Waals surface area contributed by atoms with Crippen molar-refractivity contribution in [2.24, 2.45) is 0 Å². The Kier molecular flexibility index (Phi) is 2.46. The first-order chi connectivity index (χ1) is 9.92. The third kappa shape index (κ3) is 1.74. The Labute approximate surface area is 117 Å². The second-order valence-electron chi connectivity index (χ2n) is 3.96. The molecule has 0 saturated carbocycles. The molecule has 0 aliphatic carbocycles. The number of hydrogen-bond donors (Lipinski definition) is 0. The predicted octanol–water partition coefficient (Wildman–Crippen LogP) is 1.70. The first-order valence-corrected chi connectivity index (χ1v) is 6.62. The maximum absolute atomic E-state index is 4.50. The highest BCUT2D eigenvalue weighted by Gasteiger charge is 2.14. The maximum Gasteiger partial charge on any atom is 0.235 e. The maximum atomic E-state index is 4.50. The summed E-state index contributed by atoms with van der Waals surface area (Å²) in [5.41, 5.74) is 1.59. The zero-order valence-corrected chi connectivity index (χ0v) is 10.9. The summed E-state index contributed by atoms with van der Waals surface area (Å²) >= 11 is 1.42. The van der Waals surface area contributed by atoms with E-state index in [0.717, 1.165) is 16.3 Å². The largest absolute Gasteiger partial charge is 0.264 e. The fraction of sp³-hybridized carbons (Fsp3) is 0. The van der Waals surface area contributed by atoms with Crippen LogP contribution >= 0.6 is 11.3 Å². The highest BCUT2D eigenvalue weighted by atomic mass is 32.1. The van der Waals surface area contributed by atoms with Gasteiger partial charge in [0.2, 0.25) is 4.96 Å². The molecule has 8 heteroatoms. The topological polar surface area (TPSA) is 81.8 Å². The van der Waals surface area contributed by atoms with Crippen LogP contribution in [0.2, 0.25) is 0 Å². The molecule has 7 nitrogen and oxygen atoms in total. The molecule has 0 radical (unpaired) electrons. The third-order valence-electron chi connectivity index (χ3n) is 2.69. The van der Waals surface area contributed by atoms with E-state index in [-0.39, 0.29) is 0 Å². The van der Waals surface area contributed by atoms with E-state index in [1.165, 1.54) is 11.3 Å². The van der Waals surface area contributed by atoms with Gasteiger partial charge >= 0.3 is 0 Å². The predicted molar refractivity (Wildman–Crippen MR) is 72.9 cm³/mol. The number of fused-ring (bicyclic) bond motifs is 1. The number of aromatic nitrogens is 7. The highest BCUT2D eigenvalue weighted by molar-refractivity contribution is 7.19. The molecule has 0 fully saturated rings. The zero-order valence-electron chi connectivity index (χ0n) is 10.1. The van der Waals surface area contributed by atoms with E-state index in [0.29, 0.717) is 10.8 Å². The Morgan fingerprint density at radius 2 is 1.95 bits per heavy atom. The minimum atomic E-state index is 0.666. The fourth-order valence-electron chi connectivity index (χ4n) is 1.81. The van der Waals surface area contributed by atoms with Crippen molar-refractivity contribution in [2.75, 3.05) is 0 Å². The van der Waals surface area contributed by atoms with Gasteiger partial charge in [0.25, 0.3) is 0 Å². The van der Waals surface area contributed by atoms with E-state index >= 15 is 0 Å². The number of rotatable bonds is 2. The van der Waals surface area contributed by atoms with E-state index in [2.05, 4.69) is 30.2 Å². The molecule has 0 aliphatic rings. The van der Waals surface area contributed by atoms with Crippen LogP contribution in [0.3, 0.4) is 0 Å². The summed E-state index contributed by atoms with van der Waals surface area (Å²) in [6, 6.07) is 3.77. The monoisotopic (exact) mass is 281 g/mol. The van der Waals surface area contributed by atoms with Crippen LogP contribution in [-0.2, 0) is 0 Å². The summed E-state index contributed by atoms with van der Waals surface area (Å²) in [5, 5.41) is 13.5. The van der Waals surface area contributed by atoms with Crippen molar-refractivity contribution >= 4 is 16.3 Å². The van der Waals surface area contributed by atoms with Crippen LogP contribution in [0.4, 0.5) is 0 Å². The molecule has 20 heavy (non-hydrogen) atoms. The molecule has 0 atom stereocenters. The van der Waals surface area contributed by atoms with Crippen molar-refractivity contribution in [2.45, 2.75) is 0 Å². The molecule has 0 N–H and O–H groups in total. The Hall–Kier alpha value is -2.74. The molecule has 0 aromatic carbocycles. The van der Waals surface area contributed by atoms with Crippen LogP contribution < -0.4 is 0 Å². The molecule has 0 unspecified atom stereocenters. The summed E-state index contributed by atoms with van der Waals surface area (Å²) in [7, 11) is 0. The Morgan fingerprint density at radius 3 is 2.75 bits per heavy atom. The lowest BCUT2D eigenvalue weighted by atomic mass is 10.3. The molecule has 4 heterocycles. The van der Waals surface area contributed by atoms with Gasteiger partial charge in [-0.25, -0.2) is 0 Å². The second-order valence-corrected chi connectivity index (χ2v) is 4.91. The lowest BCUT2D eigenvalue weighted by molar-refractivity contribution is 0.963. The van der Waals surface area contributed by atoms with Gasteiger partial charge in [-0.1, -0.05) is 11.3 Å². The molecule has 4 aromatic rings. The summed E-state index contributed by atoms with van der Waals surface area (Å²) in [4.78, 5) is 13.1. The van der Waals surface area contributed by atoms with E-state index in [9.17, 15) is 0 Å². The van der Waals surface area contributed by atoms with Gasteiger partial charge in [-0.3, -0.25) is 15.0 Å². The summed E-state index contributed by atoms with van der Waals surface area (Å²) in [6.45, 7) is 0. The van der Waals surface area contributed by atoms with Gasteiger partial charge < -0.3 is 0 Å². The minimum Gasteiger partial charge on any atom is -0.264 e. The van der Waals surface area contributed by atoms with Crippen molar-refractivity contribution in [1.29, 1.82) is 0 Å². The van der Waals surface area contributed by atoms with Gasteiger partial charge in [0.1, 0.15) is 5.69 Å². The minimum absolute atomic E-state index is 0.666. The quantitative estimate of drug-likeness (QED) is 0.556. The smallest absolute Gasteiger partial charge is 0.235 e. The molecule has 4 aromatic heterocycles. The molecule has 4 rings (SSSR count). The molecular formula is C12H7N7S. The number of pyridine rings is 1. The van der Waals surface area contributed by atoms with Crippen LogP contribution in [0.5, 0.6) is 0 Å². The molecule has 0 spiro atoms. The summed E-state index contributed by atoms with van der Waals surface area (Å²) in [5.74, 6) is 0.666. The lowest BCUT2D eigenvalue weighted by Crippen LogP contribution is -1.92. The Balaban J connectivity index is 1.88. The van der Waals surface area contributed by atoms with Gasteiger partial charge in [-0.05, 0) is 12.1 Å². The Bertz CT molecular complexity index is 853. The van der Waals surface area contributed by atoms with E-state index in [4.69, 9.17) is 0 Å². The van der Waals surface area contributed by atoms with Crippen molar-refractivity contribution in [3.8, 4) is 22.1 Å². The first-order valence-electron chi connectivity index (χ1n) is 5.81. The fourth-order valence-corrected chi connectivity index (χ4v) is 2.61. The highest BCUT2D eigenvalue weighted by Crippen LogP contribution is 2.25. The van der Waals surface area contributed by atoms with E-state index < -0.39 is 0 Å². The third-order valence-corrected chi connectivity index (χ3v) is 3.61. The molecule has 0 bridgehead atoms. The summed E-state index contributed by atoms with van der Waals surface area (Å²) in [6.07, 6.45) is 8.39. The SMILES string of the molecule is c1cncc(-c2nnc3sc(-c4cnccn4)nn23)c1. The number of nitrogens with zero attached hydrogens (tertiary/aromatic N) is 7. The van der Waals surface area contributed by atoms with Gasteiger partial charge in [0.05, 0.1) is 6.20 Å². The van der Waals surface area contributed by atoms with Crippen LogP contribution in [0.1, 0.15) is 0 Å². The van der Waals surface area contributed by atoms with Crippen LogP contribution in [0.25, 0.3) is 27.1 Å². The molecule has 0 amide bonds. The van der Waals surface area contributed by atoms with Crippen molar-refractivity contribution in [1.82, 2.24) is 34.8 Å². The van der Waals surface area contributed by atoms with Crippen molar-refractivity contribution in [3.05, 3.63) is 43.1 Å². The van der Waals surface area contributed by atoms with Crippen molar-refractivity contribution in [3.63, 3.8) is 0 Å². The average molecular weight is 281 g/mol. The zero-order chi connectivity index (χ0) is 13.4. The molecule has 0 aliphatic heterocycles. The normalized spacial score (nSPS) is 11.0. The lowest BCUT2D eigenvalue weighted by Gasteiger charge is -1.95. The molecular weight excluding hydrogens is 274 g/mol. The first kappa shape index (κ1) is 11.1. The summed E-state index contributed by atoms with van der Waals surface area (Å²) < 4.78 is 1.70. The Morgan fingerprint density at radius 1 is 1.00 bits per heavy atom. The van der Waals surface area contributed by atoms with Crippen LogP contribution in [-0.4, -0.2) is 34.8 Å². The van der Waals surface area contributed by atoms with Crippen molar-refractivity contribution < 1.29 is 0 Å². The van der Waals surface area contributed by atoms with Gasteiger partial charge in [-0.15, -0.1) is 10.2 Å². The van der Waals surface area contributed by atoms with Gasteiger partial charge in [-0.2, -0.15) is 9.61 Å². The number of hydrogen-bond acceptors (Lipinski definition) is 7. The van der Waals surface area contributed by atoms with Gasteiger partial charge in [0.15, 0.2) is 10.8 Å². The van der Waals surface area contributed by atoms with E-state index in [1.54, 1.807) is 35.5 Å². The van der Waals surface area contributed by atoms with Crippen LogP contribution in [0.15, 0.2) is 43.1 Å². The second kappa shape index (κ2) is 4.42. The van der Waals surface area contributed by atoms with Gasteiger partial charge in [0, 0.05) is 30.4 Å².